The van der Waals surface area contributed by atoms with Gasteiger partial charge in [0.25, 0.3) is 0 Å². The van der Waals surface area contributed by atoms with Crippen LogP contribution in [0.2, 0.25) is 0 Å². The van der Waals surface area contributed by atoms with Crippen molar-refractivity contribution in [1.82, 2.24) is 39.4 Å². The Morgan fingerprint density at radius 2 is 1.94 bits per heavy atom. The van der Waals surface area contributed by atoms with Crippen LogP contribution in [-0.4, -0.2) is 58.7 Å². The van der Waals surface area contributed by atoms with Crippen LogP contribution in [0.1, 0.15) is 12.0 Å². The number of aryl methyl sites for hydroxylation is 3. The molecule has 0 saturated carbocycles. The molecule has 0 radical (unpaired) electrons. The summed E-state index contributed by atoms with van der Waals surface area (Å²) in [5.74, 6) is 0.0756. The van der Waals surface area contributed by atoms with E-state index in [1.165, 1.54) is 0 Å². The fourth-order valence-corrected chi connectivity index (χ4v) is 4.28. The molecule has 4 aromatic heterocycles. The Morgan fingerprint density at radius 1 is 1.06 bits per heavy atom. The molecule has 178 valence electrons. The number of benzene rings is 1. The minimum atomic E-state index is -0.343. The Morgan fingerprint density at radius 3 is 2.66 bits per heavy atom. The number of ether oxygens (including phenoxy) is 2. The molecule has 0 spiro atoms. The molecule has 0 amide bonds. The molecule has 0 N–H and O–H groups in total. The van der Waals surface area contributed by atoms with Gasteiger partial charge in [0.2, 0.25) is 5.88 Å². The molecule has 10 nitrogen and oxygen atoms in total. The zero-order chi connectivity index (χ0) is 24.1. The monoisotopic (exact) mass is 474 g/mol. The van der Waals surface area contributed by atoms with Crippen LogP contribution in [0.3, 0.4) is 0 Å². The van der Waals surface area contributed by atoms with Crippen molar-refractivity contribution in [3.05, 3.63) is 54.4 Å². The second-order valence-electron chi connectivity index (χ2n) is 8.71. The van der Waals surface area contributed by atoms with Crippen LogP contribution in [0.4, 0.5) is 4.39 Å². The molecule has 1 aliphatic rings. The van der Waals surface area contributed by atoms with E-state index in [1.807, 2.05) is 19.3 Å². The molecule has 0 bridgehead atoms. The van der Waals surface area contributed by atoms with E-state index in [0.29, 0.717) is 47.3 Å². The SMILES string of the molecule is Cc1cc(-c2cn(C)nn2)cc(-c2cnc3cc(-c4cnn(C)c4)c(O[C@H]4CCOC4)nn23)c1F. The van der Waals surface area contributed by atoms with Crippen molar-refractivity contribution in [2.45, 2.75) is 19.4 Å². The van der Waals surface area contributed by atoms with E-state index in [0.717, 1.165) is 23.1 Å². The van der Waals surface area contributed by atoms with Gasteiger partial charge in [-0.3, -0.25) is 9.36 Å². The summed E-state index contributed by atoms with van der Waals surface area (Å²) < 4.78 is 32.1. The van der Waals surface area contributed by atoms with Crippen molar-refractivity contribution in [1.29, 1.82) is 0 Å². The third-order valence-corrected chi connectivity index (χ3v) is 6.07. The number of fused-ring (bicyclic) bond motifs is 1. The molecule has 6 rings (SSSR count). The largest absolute Gasteiger partial charge is 0.470 e. The summed E-state index contributed by atoms with van der Waals surface area (Å²) in [6.45, 7) is 2.87. The predicted molar refractivity (Wildman–Crippen MR) is 125 cm³/mol. The van der Waals surface area contributed by atoms with Gasteiger partial charge in [-0.25, -0.2) is 13.9 Å². The maximum atomic E-state index is 15.4. The van der Waals surface area contributed by atoms with Crippen LogP contribution in [0.15, 0.2) is 43.0 Å². The van der Waals surface area contributed by atoms with E-state index in [2.05, 4.69) is 20.4 Å². The molecule has 1 atom stereocenters. The van der Waals surface area contributed by atoms with E-state index in [-0.39, 0.29) is 11.9 Å². The molecule has 1 aliphatic heterocycles. The second-order valence-corrected chi connectivity index (χ2v) is 8.71. The average molecular weight is 475 g/mol. The van der Waals surface area contributed by atoms with Crippen LogP contribution in [0.5, 0.6) is 5.88 Å². The van der Waals surface area contributed by atoms with Gasteiger partial charge < -0.3 is 9.47 Å². The molecule has 35 heavy (non-hydrogen) atoms. The smallest absolute Gasteiger partial charge is 0.240 e. The zero-order valence-corrected chi connectivity index (χ0v) is 19.5. The van der Waals surface area contributed by atoms with Crippen molar-refractivity contribution >= 4 is 5.65 Å². The van der Waals surface area contributed by atoms with Crippen molar-refractivity contribution < 1.29 is 13.9 Å². The van der Waals surface area contributed by atoms with Crippen LogP contribution < -0.4 is 4.74 Å². The Hall–Kier alpha value is -4.12. The summed E-state index contributed by atoms with van der Waals surface area (Å²) in [7, 11) is 3.64. The van der Waals surface area contributed by atoms with E-state index < -0.39 is 0 Å². The highest BCUT2D eigenvalue weighted by atomic mass is 19.1. The number of imidazole rings is 1. The minimum absolute atomic E-state index is 0.110. The van der Waals surface area contributed by atoms with Crippen molar-refractivity contribution in [3.63, 3.8) is 0 Å². The first-order valence-electron chi connectivity index (χ1n) is 11.3. The summed E-state index contributed by atoms with van der Waals surface area (Å²) in [6.07, 6.45) is 7.72. The van der Waals surface area contributed by atoms with Crippen LogP contribution in [0, 0.1) is 12.7 Å². The number of rotatable bonds is 5. The lowest BCUT2D eigenvalue weighted by Gasteiger charge is -2.15. The molecule has 1 fully saturated rings. The van der Waals surface area contributed by atoms with Crippen molar-refractivity contribution in [3.8, 4) is 39.5 Å². The Labute approximate surface area is 199 Å². The third kappa shape index (κ3) is 3.83. The van der Waals surface area contributed by atoms with Gasteiger partial charge >= 0.3 is 0 Å². The molecule has 0 aliphatic carbocycles. The van der Waals surface area contributed by atoms with Gasteiger partial charge in [-0.1, -0.05) is 5.21 Å². The molecule has 5 heterocycles. The summed E-state index contributed by atoms with van der Waals surface area (Å²) in [5.41, 5.74) is 4.97. The van der Waals surface area contributed by atoms with Gasteiger partial charge in [-0.2, -0.15) is 5.10 Å². The fourth-order valence-electron chi connectivity index (χ4n) is 4.28. The standard InChI is InChI=1S/C24H23FN8O2/c1-14-6-15(20-12-32(3)30-28-20)7-19(23(14)25)21-10-26-22-8-18(16-9-27-31(2)11-16)24(29-33(21)22)35-17-4-5-34-13-17/h6-12,17H,4-5,13H2,1-3H3/t17-/m0/s1. The summed E-state index contributed by atoms with van der Waals surface area (Å²) in [6, 6.07) is 5.39. The molecule has 5 aromatic rings. The van der Waals surface area contributed by atoms with Gasteiger partial charge in [0.15, 0.2) is 5.65 Å². The normalized spacial score (nSPS) is 15.8. The second kappa shape index (κ2) is 8.27. The van der Waals surface area contributed by atoms with Gasteiger partial charge in [0.1, 0.15) is 17.6 Å². The summed E-state index contributed by atoms with van der Waals surface area (Å²) in [4.78, 5) is 4.53. The van der Waals surface area contributed by atoms with E-state index in [4.69, 9.17) is 14.6 Å². The highest BCUT2D eigenvalue weighted by Crippen LogP contribution is 2.34. The number of hydrogen-bond donors (Lipinski definition) is 0. The predicted octanol–water partition coefficient (Wildman–Crippen LogP) is 3.21. The molecular formula is C24H23FN8O2. The average Bonchev–Trinajstić information content (AvgIpc) is 3.64. The molecule has 1 saturated heterocycles. The number of nitrogens with zero attached hydrogens (tertiary/aromatic N) is 8. The van der Waals surface area contributed by atoms with E-state index in [1.54, 1.807) is 58.6 Å². The van der Waals surface area contributed by atoms with Gasteiger partial charge in [0.05, 0.1) is 43.1 Å². The molecular weight excluding hydrogens is 451 g/mol. The maximum absolute atomic E-state index is 15.4. The van der Waals surface area contributed by atoms with Crippen LogP contribution >= 0.6 is 0 Å². The van der Waals surface area contributed by atoms with Crippen molar-refractivity contribution in [2.24, 2.45) is 14.1 Å². The van der Waals surface area contributed by atoms with E-state index in [9.17, 15) is 0 Å². The highest BCUT2D eigenvalue weighted by molar-refractivity contribution is 5.75. The minimum Gasteiger partial charge on any atom is -0.470 e. The lowest BCUT2D eigenvalue weighted by molar-refractivity contribution is 0.137. The van der Waals surface area contributed by atoms with Crippen LogP contribution in [-0.2, 0) is 18.8 Å². The first kappa shape index (κ1) is 21.4. The van der Waals surface area contributed by atoms with Gasteiger partial charge in [-0.15, -0.1) is 10.2 Å². The number of halogens is 1. The van der Waals surface area contributed by atoms with Gasteiger partial charge in [0, 0.05) is 43.4 Å². The van der Waals surface area contributed by atoms with Crippen LogP contribution in [0.25, 0.3) is 39.3 Å². The summed E-state index contributed by atoms with van der Waals surface area (Å²) >= 11 is 0. The third-order valence-electron chi connectivity index (χ3n) is 6.07. The fraction of sp³-hybridized carbons (Fsp3) is 0.292. The molecule has 11 heteroatoms. The maximum Gasteiger partial charge on any atom is 0.240 e. The quantitative estimate of drug-likeness (QED) is 0.386. The zero-order valence-electron chi connectivity index (χ0n) is 19.5. The Kier molecular flexibility index (Phi) is 5.06. The number of hydrogen-bond acceptors (Lipinski definition) is 7. The Balaban J connectivity index is 1.51. The molecule has 0 unspecified atom stereocenters. The Bertz CT molecular complexity index is 1550. The van der Waals surface area contributed by atoms with Crippen molar-refractivity contribution in [2.75, 3.05) is 13.2 Å². The lowest BCUT2D eigenvalue weighted by Crippen LogP contribution is -2.18. The van der Waals surface area contributed by atoms with E-state index >= 15 is 4.39 Å². The first-order chi connectivity index (χ1) is 17.0. The highest BCUT2D eigenvalue weighted by Gasteiger charge is 2.23. The summed E-state index contributed by atoms with van der Waals surface area (Å²) in [5, 5.41) is 17.2. The molecule has 1 aromatic carbocycles. The lowest BCUT2D eigenvalue weighted by atomic mass is 10.0. The first-order valence-corrected chi connectivity index (χ1v) is 11.3. The topological polar surface area (TPSA) is 97.2 Å². The number of aromatic nitrogens is 8. The van der Waals surface area contributed by atoms with Gasteiger partial charge in [-0.05, 0) is 30.7 Å².